The Bertz CT molecular complexity index is 521. The third kappa shape index (κ3) is 2.48. The summed E-state index contributed by atoms with van der Waals surface area (Å²) in [6.07, 6.45) is 0.956. The van der Waals surface area contributed by atoms with Gasteiger partial charge in [0.05, 0.1) is 30.5 Å². The zero-order chi connectivity index (χ0) is 13.3. The topological polar surface area (TPSA) is 45.5 Å². The van der Waals surface area contributed by atoms with E-state index in [4.69, 9.17) is 14.7 Å². The van der Waals surface area contributed by atoms with Crippen LogP contribution in [0.3, 0.4) is 0 Å². The van der Waals surface area contributed by atoms with Gasteiger partial charge in [-0.3, -0.25) is 0 Å². The molecule has 0 N–H and O–H groups in total. The van der Waals surface area contributed by atoms with Crippen LogP contribution in [0.5, 0.6) is 0 Å². The number of ether oxygens (including phenoxy) is 2. The van der Waals surface area contributed by atoms with Gasteiger partial charge in [0.15, 0.2) is 0 Å². The van der Waals surface area contributed by atoms with Crippen LogP contribution in [-0.2, 0) is 9.47 Å². The number of hydrogen-bond donors (Lipinski definition) is 0. The highest BCUT2D eigenvalue weighted by Crippen LogP contribution is 2.33. The van der Waals surface area contributed by atoms with Crippen LogP contribution in [-0.4, -0.2) is 38.5 Å². The monoisotopic (exact) mass is 322 g/mol. The number of nitriles is 1. The normalized spacial score (nSPS) is 26.6. The molecule has 0 radical (unpaired) electrons. The zero-order valence-corrected chi connectivity index (χ0v) is 12.1. The minimum atomic E-state index is -0.147. The molecule has 1 atom stereocenters. The number of halogens is 1. The van der Waals surface area contributed by atoms with Gasteiger partial charge in [-0.1, -0.05) is 0 Å². The van der Waals surface area contributed by atoms with Gasteiger partial charge < -0.3 is 14.4 Å². The SMILES string of the molecule is N#Cc1ccc(N2CCOC3(CCOC3)C2)c(Br)c1. The maximum absolute atomic E-state index is 8.91. The minimum Gasteiger partial charge on any atom is -0.378 e. The Hall–Kier alpha value is -1.09. The molecule has 3 rings (SSSR count). The molecule has 0 amide bonds. The molecule has 100 valence electrons. The van der Waals surface area contributed by atoms with Crippen LogP contribution in [0.2, 0.25) is 0 Å². The molecule has 2 aliphatic rings. The van der Waals surface area contributed by atoms with Crippen LogP contribution < -0.4 is 4.90 Å². The Labute approximate surface area is 121 Å². The molecule has 2 fully saturated rings. The fraction of sp³-hybridized carbons (Fsp3) is 0.500. The fourth-order valence-electron chi connectivity index (χ4n) is 2.71. The number of anilines is 1. The maximum atomic E-state index is 8.91. The van der Waals surface area contributed by atoms with Crippen molar-refractivity contribution in [2.24, 2.45) is 0 Å². The molecule has 1 unspecified atom stereocenters. The van der Waals surface area contributed by atoms with E-state index in [1.165, 1.54) is 0 Å². The zero-order valence-electron chi connectivity index (χ0n) is 10.6. The average molecular weight is 323 g/mol. The first-order chi connectivity index (χ1) is 9.22. The summed E-state index contributed by atoms with van der Waals surface area (Å²) >= 11 is 3.56. The van der Waals surface area contributed by atoms with Gasteiger partial charge in [0.25, 0.3) is 0 Å². The van der Waals surface area contributed by atoms with Gasteiger partial charge in [-0.2, -0.15) is 5.26 Å². The third-order valence-corrected chi connectivity index (χ3v) is 4.37. The highest BCUT2D eigenvalue weighted by Gasteiger charge is 2.40. The van der Waals surface area contributed by atoms with Gasteiger partial charge in [0, 0.05) is 30.6 Å². The van der Waals surface area contributed by atoms with Gasteiger partial charge in [-0.05, 0) is 34.1 Å². The molecule has 1 spiro atoms. The first kappa shape index (κ1) is 12.9. The van der Waals surface area contributed by atoms with E-state index >= 15 is 0 Å². The van der Waals surface area contributed by atoms with Crippen LogP contribution in [0.15, 0.2) is 22.7 Å². The molecule has 0 aliphatic carbocycles. The molecule has 4 nitrogen and oxygen atoms in total. The third-order valence-electron chi connectivity index (χ3n) is 3.73. The number of benzene rings is 1. The molecule has 2 heterocycles. The first-order valence-corrected chi connectivity index (χ1v) is 7.18. The molecule has 2 saturated heterocycles. The Morgan fingerprint density at radius 3 is 2.95 bits per heavy atom. The molecule has 5 heteroatoms. The van der Waals surface area contributed by atoms with Crippen LogP contribution >= 0.6 is 15.9 Å². The van der Waals surface area contributed by atoms with Gasteiger partial charge in [-0.15, -0.1) is 0 Å². The van der Waals surface area contributed by atoms with Crippen molar-refractivity contribution in [3.63, 3.8) is 0 Å². The second-order valence-corrected chi connectivity index (χ2v) is 5.89. The van der Waals surface area contributed by atoms with Crippen molar-refractivity contribution in [1.29, 1.82) is 5.26 Å². The van der Waals surface area contributed by atoms with Gasteiger partial charge >= 0.3 is 0 Å². The van der Waals surface area contributed by atoms with Crippen molar-refractivity contribution >= 4 is 21.6 Å². The van der Waals surface area contributed by atoms with Crippen molar-refractivity contribution in [2.45, 2.75) is 12.0 Å². The van der Waals surface area contributed by atoms with E-state index < -0.39 is 0 Å². The quantitative estimate of drug-likeness (QED) is 0.796. The summed E-state index contributed by atoms with van der Waals surface area (Å²) < 4.78 is 12.4. The van der Waals surface area contributed by atoms with E-state index in [1.54, 1.807) is 0 Å². The fourth-order valence-corrected chi connectivity index (χ4v) is 3.34. The Morgan fingerprint density at radius 2 is 2.26 bits per heavy atom. The largest absolute Gasteiger partial charge is 0.378 e. The molecule has 1 aromatic carbocycles. The van der Waals surface area contributed by atoms with E-state index in [2.05, 4.69) is 26.9 Å². The van der Waals surface area contributed by atoms with Gasteiger partial charge in [-0.25, -0.2) is 0 Å². The number of rotatable bonds is 1. The molecule has 19 heavy (non-hydrogen) atoms. The lowest BCUT2D eigenvalue weighted by atomic mass is 10.0. The maximum Gasteiger partial charge on any atom is 0.111 e. The second kappa shape index (κ2) is 5.12. The average Bonchev–Trinajstić information content (AvgIpc) is 2.86. The number of nitrogens with zero attached hydrogens (tertiary/aromatic N) is 2. The van der Waals surface area contributed by atoms with Crippen LogP contribution in [0.4, 0.5) is 5.69 Å². The van der Waals surface area contributed by atoms with Crippen molar-refractivity contribution in [1.82, 2.24) is 0 Å². The summed E-state index contributed by atoms with van der Waals surface area (Å²) in [6, 6.07) is 7.87. The Kier molecular flexibility index (Phi) is 3.48. The summed E-state index contributed by atoms with van der Waals surface area (Å²) in [5, 5.41) is 8.91. The molecule has 1 aromatic rings. The van der Waals surface area contributed by atoms with Gasteiger partial charge in [0.1, 0.15) is 5.60 Å². The molecule has 0 bridgehead atoms. The lowest BCUT2D eigenvalue weighted by molar-refractivity contribution is -0.0579. The second-order valence-electron chi connectivity index (χ2n) is 5.03. The number of morpholine rings is 1. The number of hydrogen-bond acceptors (Lipinski definition) is 4. The lowest BCUT2D eigenvalue weighted by Gasteiger charge is -2.41. The summed E-state index contributed by atoms with van der Waals surface area (Å²) in [7, 11) is 0. The minimum absolute atomic E-state index is 0.147. The van der Waals surface area contributed by atoms with E-state index in [0.29, 0.717) is 12.2 Å². The summed E-state index contributed by atoms with van der Waals surface area (Å²) in [5.41, 5.74) is 1.64. The first-order valence-electron chi connectivity index (χ1n) is 6.39. The van der Waals surface area contributed by atoms with E-state index in [0.717, 1.165) is 42.9 Å². The molecule has 2 aliphatic heterocycles. The lowest BCUT2D eigenvalue weighted by Crippen LogP contribution is -2.52. The highest BCUT2D eigenvalue weighted by molar-refractivity contribution is 9.10. The van der Waals surface area contributed by atoms with Crippen molar-refractivity contribution in [2.75, 3.05) is 37.8 Å². The van der Waals surface area contributed by atoms with Crippen molar-refractivity contribution in [3.05, 3.63) is 28.2 Å². The van der Waals surface area contributed by atoms with E-state index in [9.17, 15) is 0 Å². The summed E-state index contributed by atoms with van der Waals surface area (Å²) in [4.78, 5) is 2.31. The van der Waals surface area contributed by atoms with Gasteiger partial charge in [0.2, 0.25) is 0 Å². The van der Waals surface area contributed by atoms with Crippen molar-refractivity contribution in [3.8, 4) is 6.07 Å². The molecule has 0 aromatic heterocycles. The Morgan fingerprint density at radius 1 is 1.37 bits per heavy atom. The van der Waals surface area contributed by atoms with Crippen LogP contribution in [0, 0.1) is 11.3 Å². The molecular weight excluding hydrogens is 308 g/mol. The molecule has 0 saturated carbocycles. The van der Waals surface area contributed by atoms with Crippen LogP contribution in [0.25, 0.3) is 0 Å². The predicted molar refractivity (Wildman–Crippen MR) is 75.2 cm³/mol. The van der Waals surface area contributed by atoms with Crippen molar-refractivity contribution < 1.29 is 9.47 Å². The molecular formula is C14H15BrN2O2. The summed E-state index contributed by atoms with van der Waals surface area (Å²) in [6.45, 7) is 3.89. The summed E-state index contributed by atoms with van der Waals surface area (Å²) in [5.74, 6) is 0. The van der Waals surface area contributed by atoms with Crippen LogP contribution in [0.1, 0.15) is 12.0 Å². The van der Waals surface area contributed by atoms with E-state index in [1.807, 2.05) is 18.2 Å². The standard InChI is InChI=1S/C14H15BrN2O2/c15-12-7-11(8-16)1-2-13(12)17-4-6-19-14(9-17)3-5-18-10-14/h1-2,7H,3-6,9-10H2. The predicted octanol–water partition coefficient (Wildman–Crippen LogP) is 2.32. The van der Waals surface area contributed by atoms with E-state index in [-0.39, 0.29) is 5.60 Å². The highest BCUT2D eigenvalue weighted by atomic mass is 79.9. The smallest absolute Gasteiger partial charge is 0.111 e. The Balaban J connectivity index is 1.84.